The molecule has 0 saturated carbocycles. The molecule has 142 valence electrons. The van der Waals surface area contributed by atoms with Gasteiger partial charge in [0.05, 0.1) is 13.0 Å². The van der Waals surface area contributed by atoms with E-state index in [0.717, 1.165) is 6.92 Å². The number of esters is 3. The highest BCUT2D eigenvalue weighted by atomic mass is 16.6. The molecule has 8 heteroatoms. The van der Waals surface area contributed by atoms with Gasteiger partial charge in [-0.3, -0.25) is 9.59 Å². The predicted molar refractivity (Wildman–Crippen MR) is 88.9 cm³/mol. The van der Waals surface area contributed by atoms with Gasteiger partial charge in [-0.2, -0.15) is 0 Å². The molecule has 1 aromatic carbocycles. The minimum absolute atomic E-state index is 0.0540. The maximum absolute atomic E-state index is 12.1. The van der Waals surface area contributed by atoms with Crippen LogP contribution in [0.15, 0.2) is 30.3 Å². The van der Waals surface area contributed by atoms with E-state index in [1.165, 1.54) is 12.1 Å². The van der Waals surface area contributed by atoms with Gasteiger partial charge in [-0.25, -0.2) is 9.59 Å². The number of carbonyl (C=O) groups excluding carboxylic acids is 3. The Morgan fingerprint density at radius 1 is 1.04 bits per heavy atom. The van der Waals surface area contributed by atoms with Crippen LogP contribution in [0.2, 0.25) is 0 Å². The van der Waals surface area contributed by atoms with Crippen molar-refractivity contribution in [3.63, 3.8) is 0 Å². The van der Waals surface area contributed by atoms with Crippen molar-refractivity contribution < 1.29 is 38.5 Å². The molecule has 2 atom stereocenters. The van der Waals surface area contributed by atoms with E-state index in [0.29, 0.717) is 0 Å². The van der Waals surface area contributed by atoms with Gasteiger partial charge in [0, 0.05) is 12.5 Å². The molecule has 26 heavy (non-hydrogen) atoms. The summed E-state index contributed by atoms with van der Waals surface area (Å²) in [6, 6.07) is 7.87. The van der Waals surface area contributed by atoms with E-state index >= 15 is 0 Å². The van der Waals surface area contributed by atoms with Gasteiger partial charge in [0.1, 0.15) is 0 Å². The minimum Gasteiger partial charge on any atom is -0.478 e. The van der Waals surface area contributed by atoms with Crippen LogP contribution in [0.4, 0.5) is 0 Å². The van der Waals surface area contributed by atoms with Gasteiger partial charge in [0.15, 0.2) is 0 Å². The van der Waals surface area contributed by atoms with Crippen LogP contribution >= 0.6 is 0 Å². The van der Waals surface area contributed by atoms with Crippen LogP contribution in [-0.2, 0) is 33.4 Å². The lowest BCUT2D eigenvalue weighted by atomic mass is 10.1. The van der Waals surface area contributed by atoms with Crippen LogP contribution in [0.3, 0.4) is 0 Å². The monoisotopic (exact) mass is 366 g/mol. The lowest BCUT2D eigenvalue weighted by Crippen LogP contribution is -2.33. The molecule has 1 N–H and O–H groups in total. The summed E-state index contributed by atoms with van der Waals surface area (Å²) in [7, 11) is 0. The second kappa shape index (κ2) is 10.2. The summed E-state index contributed by atoms with van der Waals surface area (Å²) < 4.78 is 14.7. The third kappa shape index (κ3) is 7.33. The molecule has 0 radical (unpaired) electrons. The predicted octanol–water partition coefficient (Wildman–Crippen LogP) is 1.88. The van der Waals surface area contributed by atoms with Crippen molar-refractivity contribution in [2.24, 2.45) is 5.92 Å². The summed E-state index contributed by atoms with van der Waals surface area (Å²) in [4.78, 5) is 46.6. The second-order valence-corrected chi connectivity index (χ2v) is 5.94. The fraction of sp³-hybridized carbons (Fsp3) is 0.444. The average molecular weight is 366 g/mol. The number of hydrogen-bond acceptors (Lipinski definition) is 7. The van der Waals surface area contributed by atoms with Crippen LogP contribution in [0.5, 0.6) is 0 Å². The highest BCUT2D eigenvalue weighted by Crippen LogP contribution is 2.19. The lowest BCUT2D eigenvalue weighted by Gasteiger charge is -2.18. The fourth-order valence-corrected chi connectivity index (χ4v) is 1.93. The Morgan fingerprint density at radius 3 is 2.15 bits per heavy atom. The Bertz CT molecular complexity index is 638. The first-order chi connectivity index (χ1) is 12.2. The smallest absolute Gasteiger partial charge is 0.349 e. The Morgan fingerprint density at radius 2 is 1.65 bits per heavy atom. The maximum atomic E-state index is 12.1. The molecule has 0 aliphatic carbocycles. The van der Waals surface area contributed by atoms with E-state index in [4.69, 9.17) is 14.2 Å². The van der Waals surface area contributed by atoms with Crippen molar-refractivity contribution in [1.82, 2.24) is 0 Å². The Kier molecular flexibility index (Phi) is 8.27. The van der Waals surface area contributed by atoms with Gasteiger partial charge in [-0.05, 0) is 5.92 Å². The zero-order valence-corrected chi connectivity index (χ0v) is 14.8. The number of carbonyl (C=O) groups is 4. The summed E-state index contributed by atoms with van der Waals surface area (Å²) >= 11 is 0. The molecule has 0 saturated heterocycles. The van der Waals surface area contributed by atoms with Crippen LogP contribution in [0.25, 0.3) is 0 Å². The van der Waals surface area contributed by atoms with E-state index in [1.54, 1.807) is 18.2 Å². The molecule has 0 heterocycles. The Labute approximate surface area is 151 Å². The highest BCUT2D eigenvalue weighted by Gasteiger charge is 2.31. The van der Waals surface area contributed by atoms with Crippen molar-refractivity contribution in [3.8, 4) is 0 Å². The quantitative estimate of drug-likeness (QED) is 0.520. The van der Waals surface area contributed by atoms with Crippen LogP contribution in [0, 0.1) is 5.92 Å². The van der Waals surface area contributed by atoms with Crippen molar-refractivity contribution in [2.45, 2.75) is 39.4 Å². The molecule has 0 bridgehead atoms. The third-order valence-electron chi connectivity index (χ3n) is 3.06. The first kappa shape index (κ1) is 21.1. The molecule has 0 aliphatic rings. The number of rotatable bonds is 9. The molecule has 0 spiro atoms. The summed E-state index contributed by atoms with van der Waals surface area (Å²) in [5.74, 6) is -3.98. The Balaban J connectivity index is 2.79. The highest BCUT2D eigenvalue weighted by molar-refractivity contribution is 5.85. The van der Waals surface area contributed by atoms with E-state index < -0.39 is 42.5 Å². The summed E-state index contributed by atoms with van der Waals surface area (Å²) in [5.41, 5.74) is 0.264. The lowest BCUT2D eigenvalue weighted by molar-refractivity contribution is -0.175. The van der Waals surface area contributed by atoms with E-state index in [2.05, 4.69) is 0 Å². The van der Waals surface area contributed by atoms with Gasteiger partial charge < -0.3 is 19.3 Å². The molecule has 8 nitrogen and oxygen atoms in total. The SMILES string of the molecule is CC(=O)O[C@@H](CC(=O)O[C@H](C(=O)O)c1ccccc1)C(=O)OCC(C)C. The molecule has 0 amide bonds. The Hall–Kier alpha value is -2.90. The first-order valence-electron chi connectivity index (χ1n) is 8.01. The largest absolute Gasteiger partial charge is 0.478 e. The second-order valence-electron chi connectivity index (χ2n) is 5.94. The van der Waals surface area contributed by atoms with E-state index in [1.807, 2.05) is 13.8 Å². The molecule has 0 unspecified atom stereocenters. The summed E-state index contributed by atoms with van der Waals surface area (Å²) in [6.07, 6.45) is -3.68. The number of hydrogen-bond donors (Lipinski definition) is 1. The molecule has 1 rings (SSSR count). The zero-order chi connectivity index (χ0) is 19.7. The zero-order valence-electron chi connectivity index (χ0n) is 14.8. The summed E-state index contributed by atoms with van der Waals surface area (Å²) in [6.45, 7) is 4.81. The molecular weight excluding hydrogens is 344 g/mol. The van der Waals surface area contributed by atoms with Crippen molar-refractivity contribution >= 4 is 23.9 Å². The van der Waals surface area contributed by atoms with Gasteiger partial charge in [0.25, 0.3) is 0 Å². The topological polar surface area (TPSA) is 116 Å². The number of ether oxygens (including phenoxy) is 3. The maximum Gasteiger partial charge on any atom is 0.349 e. The summed E-state index contributed by atoms with van der Waals surface area (Å²) in [5, 5.41) is 9.26. The number of aliphatic carboxylic acids is 1. The van der Waals surface area contributed by atoms with Crippen LogP contribution in [0.1, 0.15) is 38.9 Å². The van der Waals surface area contributed by atoms with E-state index in [-0.39, 0.29) is 18.1 Å². The standard InChI is InChI=1S/C18H22O8/c1-11(2)10-24-18(23)14(25-12(3)19)9-15(20)26-16(17(21)22)13-7-5-4-6-8-13/h4-8,11,14,16H,9-10H2,1-3H3,(H,21,22)/t14-,16-/m0/s1. The third-order valence-corrected chi connectivity index (χ3v) is 3.06. The van der Waals surface area contributed by atoms with Gasteiger partial charge >= 0.3 is 23.9 Å². The van der Waals surface area contributed by atoms with Crippen molar-refractivity contribution in [1.29, 1.82) is 0 Å². The molecule has 0 fully saturated rings. The molecule has 0 aliphatic heterocycles. The number of benzene rings is 1. The molecule has 1 aromatic rings. The van der Waals surface area contributed by atoms with E-state index in [9.17, 15) is 24.3 Å². The molecule has 0 aromatic heterocycles. The number of carboxylic acids is 1. The molecular formula is C18H22O8. The van der Waals surface area contributed by atoms with Gasteiger partial charge in [0.2, 0.25) is 12.2 Å². The van der Waals surface area contributed by atoms with Crippen LogP contribution in [-0.4, -0.2) is 41.7 Å². The van der Waals surface area contributed by atoms with Gasteiger partial charge in [-0.15, -0.1) is 0 Å². The average Bonchev–Trinajstić information content (AvgIpc) is 2.57. The normalized spacial score (nSPS) is 12.8. The minimum atomic E-state index is -1.53. The first-order valence-corrected chi connectivity index (χ1v) is 8.01. The number of carboxylic acid groups (broad SMARTS) is 1. The fourth-order valence-electron chi connectivity index (χ4n) is 1.93. The van der Waals surface area contributed by atoms with Crippen molar-refractivity contribution in [3.05, 3.63) is 35.9 Å². The van der Waals surface area contributed by atoms with Gasteiger partial charge in [-0.1, -0.05) is 44.2 Å². The van der Waals surface area contributed by atoms with Crippen molar-refractivity contribution in [2.75, 3.05) is 6.61 Å². The van der Waals surface area contributed by atoms with Crippen LogP contribution < -0.4 is 0 Å².